The van der Waals surface area contributed by atoms with Gasteiger partial charge < -0.3 is 5.32 Å². The van der Waals surface area contributed by atoms with Crippen LogP contribution >= 0.6 is 11.6 Å². The van der Waals surface area contributed by atoms with Crippen LogP contribution in [-0.2, 0) is 10.0 Å². The van der Waals surface area contributed by atoms with Crippen molar-refractivity contribution in [2.75, 3.05) is 10.0 Å². The highest BCUT2D eigenvalue weighted by Gasteiger charge is 2.15. The van der Waals surface area contributed by atoms with Crippen LogP contribution in [0.5, 0.6) is 0 Å². The first-order valence-electron chi connectivity index (χ1n) is 7.79. The molecular weight excluding hydrogens is 372 g/mol. The maximum absolute atomic E-state index is 12.3. The Bertz CT molecular complexity index is 1000. The number of aryl methyl sites for hydroxylation is 2. The Labute approximate surface area is 157 Å². The van der Waals surface area contributed by atoms with Crippen LogP contribution in [0.3, 0.4) is 0 Å². The number of nitrogens with zero attached hydrogens (tertiary/aromatic N) is 2. The zero-order chi connectivity index (χ0) is 18.7. The van der Waals surface area contributed by atoms with Gasteiger partial charge >= 0.3 is 0 Å². The largest absolute Gasteiger partial charge is 0.339 e. The predicted octanol–water partition coefficient (Wildman–Crippen LogP) is 4.29. The lowest BCUT2D eigenvalue weighted by Gasteiger charge is -2.09. The number of benzene rings is 2. The van der Waals surface area contributed by atoms with Gasteiger partial charge in [-0.05, 0) is 73.5 Å². The topological polar surface area (TPSA) is 84.0 Å². The van der Waals surface area contributed by atoms with Gasteiger partial charge in [-0.15, -0.1) is 10.2 Å². The number of rotatable bonds is 5. The Morgan fingerprint density at radius 3 is 2.00 bits per heavy atom. The number of halogens is 1. The van der Waals surface area contributed by atoms with Crippen LogP contribution in [0.15, 0.2) is 59.5 Å². The van der Waals surface area contributed by atoms with Crippen molar-refractivity contribution in [3.05, 3.63) is 70.7 Å². The Kier molecular flexibility index (Phi) is 5.11. The van der Waals surface area contributed by atoms with E-state index < -0.39 is 10.0 Å². The SMILES string of the molecule is Cc1cc(C)cc(Nc2ccc(NS(=O)(=O)c3ccc(Cl)cc3)nn2)c1. The molecule has 3 rings (SSSR count). The van der Waals surface area contributed by atoms with Gasteiger partial charge in [-0.25, -0.2) is 8.42 Å². The van der Waals surface area contributed by atoms with E-state index in [0.29, 0.717) is 10.8 Å². The van der Waals surface area contributed by atoms with Crippen molar-refractivity contribution in [1.29, 1.82) is 0 Å². The van der Waals surface area contributed by atoms with Crippen molar-refractivity contribution in [3.8, 4) is 0 Å². The van der Waals surface area contributed by atoms with Crippen molar-refractivity contribution in [1.82, 2.24) is 10.2 Å². The molecule has 0 radical (unpaired) electrons. The highest BCUT2D eigenvalue weighted by molar-refractivity contribution is 7.92. The van der Waals surface area contributed by atoms with Gasteiger partial charge in [-0.1, -0.05) is 17.7 Å². The number of aromatic nitrogens is 2. The molecule has 0 unspecified atom stereocenters. The number of hydrogen-bond donors (Lipinski definition) is 2. The molecule has 0 aliphatic rings. The zero-order valence-corrected chi connectivity index (χ0v) is 15.8. The fourth-order valence-electron chi connectivity index (χ4n) is 2.46. The summed E-state index contributed by atoms with van der Waals surface area (Å²) >= 11 is 5.78. The number of nitrogens with one attached hydrogen (secondary N) is 2. The molecule has 8 heteroatoms. The molecule has 1 heterocycles. The third kappa shape index (κ3) is 4.50. The van der Waals surface area contributed by atoms with Gasteiger partial charge in [-0.2, -0.15) is 0 Å². The predicted molar refractivity (Wildman–Crippen MR) is 103 cm³/mol. The first-order valence-corrected chi connectivity index (χ1v) is 9.65. The minimum Gasteiger partial charge on any atom is -0.339 e. The summed E-state index contributed by atoms with van der Waals surface area (Å²) in [5.74, 6) is 0.648. The maximum atomic E-state index is 12.3. The molecule has 0 atom stereocenters. The first-order chi connectivity index (χ1) is 12.3. The molecular formula is C18H17ClN4O2S. The molecule has 3 aromatic rings. The molecule has 2 aromatic carbocycles. The van der Waals surface area contributed by atoms with Crippen LogP contribution in [0, 0.1) is 13.8 Å². The van der Waals surface area contributed by atoms with E-state index in [9.17, 15) is 8.42 Å². The quantitative estimate of drug-likeness (QED) is 0.681. The highest BCUT2D eigenvalue weighted by atomic mass is 35.5. The van der Waals surface area contributed by atoms with Crippen molar-refractivity contribution in [3.63, 3.8) is 0 Å². The van der Waals surface area contributed by atoms with Crippen LogP contribution in [0.2, 0.25) is 5.02 Å². The third-order valence-electron chi connectivity index (χ3n) is 3.52. The Morgan fingerprint density at radius 2 is 1.42 bits per heavy atom. The average molecular weight is 389 g/mol. The smallest absolute Gasteiger partial charge is 0.263 e. The lowest BCUT2D eigenvalue weighted by molar-refractivity contribution is 0.601. The summed E-state index contributed by atoms with van der Waals surface area (Å²) in [4.78, 5) is 0.0983. The summed E-state index contributed by atoms with van der Waals surface area (Å²) in [7, 11) is -3.74. The molecule has 2 N–H and O–H groups in total. The summed E-state index contributed by atoms with van der Waals surface area (Å²) in [5.41, 5.74) is 3.16. The molecule has 26 heavy (non-hydrogen) atoms. The lowest BCUT2D eigenvalue weighted by atomic mass is 10.1. The Hall–Kier alpha value is -2.64. The van der Waals surface area contributed by atoms with Gasteiger partial charge in [0.05, 0.1) is 4.90 Å². The Morgan fingerprint density at radius 1 is 0.846 bits per heavy atom. The molecule has 0 saturated carbocycles. The van der Waals surface area contributed by atoms with Gasteiger partial charge in [0.25, 0.3) is 10.0 Å². The van der Waals surface area contributed by atoms with Crippen molar-refractivity contribution in [2.24, 2.45) is 0 Å². The molecule has 0 amide bonds. The second-order valence-electron chi connectivity index (χ2n) is 5.86. The maximum Gasteiger partial charge on any atom is 0.263 e. The molecule has 6 nitrogen and oxygen atoms in total. The first kappa shape index (κ1) is 18.2. The van der Waals surface area contributed by atoms with Crippen LogP contribution in [0.1, 0.15) is 11.1 Å². The van der Waals surface area contributed by atoms with Gasteiger partial charge in [0.15, 0.2) is 11.6 Å². The van der Waals surface area contributed by atoms with E-state index >= 15 is 0 Å². The second kappa shape index (κ2) is 7.31. The van der Waals surface area contributed by atoms with E-state index in [1.807, 2.05) is 26.0 Å². The molecule has 0 fully saturated rings. The summed E-state index contributed by atoms with van der Waals surface area (Å²) in [5, 5.41) is 11.5. The van der Waals surface area contributed by atoms with Crippen molar-refractivity contribution in [2.45, 2.75) is 18.7 Å². The number of anilines is 3. The van der Waals surface area contributed by atoms with E-state index in [2.05, 4.69) is 26.3 Å². The minimum atomic E-state index is -3.74. The van der Waals surface area contributed by atoms with Gasteiger partial charge in [-0.3, -0.25) is 4.72 Å². The monoisotopic (exact) mass is 388 g/mol. The molecule has 0 bridgehead atoms. The van der Waals surface area contributed by atoms with E-state index in [1.165, 1.54) is 24.3 Å². The fraction of sp³-hybridized carbons (Fsp3) is 0.111. The molecule has 0 saturated heterocycles. The second-order valence-corrected chi connectivity index (χ2v) is 7.98. The summed E-state index contributed by atoms with van der Waals surface area (Å²) < 4.78 is 27.0. The summed E-state index contributed by atoms with van der Waals surface area (Å²) in [6.07, 6.45) is 0. The summed E-state index contributed by atoms with van der Waals surface area (Å²) in [6.45, 7) is 4.02. The van der Waals surface area contributed by atoms with Gasteiger partial charge in [0.2, 0.25) is 0 Å². The normalized spacial score (nSPS) is 11.2. The van der Waals surface area contributed by atoms with E-state index in [1.54, 1.807) is 12.1 Å². The van der Waals surface area contributed by atoms with Crippen LogP contribution in [-0.4, -0.2) is 18.6 Å². The molecule has 0 aliphatic heterocycles. The van der Waals surface area contributed by atoms with Crippen LogP contribution in [0.25, 0.3) is 0 Å². The van der Waals surface area contributed by atoms with Crippen LogP contribution < -0.4 is 10.0 Å². The van der Waals surface area contributed by atoms with Gasteiger partial charge in [0.1, 0.15) is 0 Å². The standard InChI is InChI=1S/C18H17ClN4O2S/c1-12-9-13(2)11-15(10-12)20-17-7-8-18(22-21-17)23-26(24,25)16-5-3-14(19)4-6-16/h3-11H,1-2H3,(H,20,21)(H,22,23). The number of hydrogen-bond acceptors (Lipinski definition) is 5. The van der Waals surface area contributed by atoms with E-state index in [-0.39, 0.29) is 10.7 Å². The van der Waals surface area contributed by atoms with E-state index in [0.717, 1.165) is 16.8 Å². The zero-order valence-electron chi connectivity index (χ0n) is 14.2. The minimum absolute atomic E-state index is 0.0983. The molecule has 0 spiro atoms. The molecule has 1 aromatic heterocycles. The van der Waals surface area contributed by atoms with Crippen molar-refractivity contribution >= 4 is 38.9 Å². The number of sulfonamides is 1. The fourth-order valence-corrected chi connectivity index (χ4v) is 3.58. The lowest BCUT2D eigenvalue weighted by Crippen LogP contribution is -2.14. The molecule has 0 aliphatic carbocycles. The van der Waals surface area contributed by atoms with Crippen LogP contribution in [0.4, 0.5) is 17.3 Å². The van der Waals surface area contributed by atoms with Crippen molar-refractivity contribution < 1.29 is 8.42 Å². The summed E-state index contributed by atoms with van der Waals surface area (Å²) in [6, 6.07) is 15.1. The Balaban J connectivity index is 1.74. The third-order valence-corrected chi connectivity index (χ3v) is 5.14. The van der Waals surface area contributed by atoms with Gasteiger partial charge in [0, 0.05) is 10.7 Å². The molecule has 134 valence electrons. The average Bonchev–Trinajstić information content (AvgIpc) is 2.56. The van der Waals surface area contributed by atoms with E-state index in [4.69, 9.17) is 11.6 Å². The highest BCUT2D eigenvalue weighted by Crippen LogP contribution is 2.20.